The van der Waals surface area contributed by atoms with Crippen molar-refractivity contribution in [3.8, 4) is 56.7 Å². The number of fused-ring (bicyclic) bond motifs is 16. The van der Waals surface area contributed by atoms with Crippen molar-refractivity contribution in [2.24, 2.45) is 0 Å². The standard InChI is InChI=1S/C58H35N5/c1-2-16-36(17-3-1)37-30-32-38(33-31-37)55-59-56(62-51-27-13-7-21-42(51)43-22-8-14-28-52(43)62)61-57(60-55)63-53-29-15-9-23-44(53)46-34-50-45(35-54(46)63)41-20-6-12-26-49(41)58(50)47-24-10-4-18-39(47)40-19-5-11-25-48(40)58/h1-35H. The minimum atomic E-state index is -0.452. The Hall–Kier alpha value is -8.41. The van der Waals surface area contributed by atoms with E-state index in [4.69, 9.17) is 15.0 Å². The maximum atomic E-state index is 5.48. The van der Waals surface area contributed by atoms with E-state index in [9.17, 15) is 0 Å². The summed E-state index contributed by atoms with van der Waals surface area (Å²) in [6.45, 7) is 0. The Morgan fingerprint density at radius 2 is 0.698 bits per heavy atom. The molecular weight excluding hydrogens is 767 g/mol. The van der Waals surface area contributed by atoms with Crippen LogP contribution in [0.5, 0.6) is 0 Å². The Morgan fingerprint density at radius 1 is 0.286 bits per heavy atom. The van der Waals surface area contributed by atoms with Crippen molar-refractivity contribution in [2.45, 2.75) is 5.41 Å². The average Bonchev–Trinajstić information content (AvgIpc) is 4.05. The van der Waals surface area contributed by atoms with Crippen LogP contribution >= 0.6 is 0 Å². The van der Waals surface area contributed by atoms with Gasteiger partial charge >= 0.3 is 0 Å². The number of nitrogens with zero attached hydrogens (tertiary/aromatic N) is 5. The largest absolute Gasteiger partial charge is 0.278 e. The molecule has 3 heterocycles. The van der Waals surface area contributed by atoms with Crippen LogP contribution in [0.1, 0.15) is 22.3 Å². The highest BCUT2D eigenvalue weighted by Crippen LogP contribution is 2.63. The molecule has 292 valence electrons. The third kappa shape index (κ3) is 4.63. The van der Waals surface area contributed by atoms with E-state index in [-0.39, 0.29) is 0 Å². The quantitative estimate of drug-likeness (QED) is 0.178. The van der Waals surface area contributed by atoms with E-state index in [1.165, 1.54) is 44.5 Å². The van der Waals surface area contributed by atoms with Crippen LogP contribution in [0.25, 0.3) is 100 Å². The predicted molar refractivity (Wildman–Crippen MR) is 256 cm³/mol. The smallest absolute Gasteiger partial charge is 0.240 e. The lowest BCUT2D eigenvalue weighted by Gasteiger charge is -2.30. The van der Waals surface area contributed by atoms with Gasteiger partial charge in [-0.15, -0.1) is 0 Å². The van der Waals surface area contributed by atoms with Crippen LogP contribution in [0.4, 0.5) is 0 Å². The number of rotatable bonds is 4. The highest BCUT2D eigenvalue weighted by molar-refractivity contribution is 6.12. The van der Waals surface area contributed by atoms with Gasteiger partial charge in [0, 0.05) is 27.1 Å². The maximum absolute atomic E-state index is 5.48. The molecule has 2 aliphatic carbocycles. The zero-order valence-corrected chi connectivity index (χ0v) is 33.9. The Bertz CT molecular complexity index is 3760. The Kier molecular flexibility index (Phi) is 6.97. The van der Waals surface area contributed by atoms with E-state index < -0.39 is 5.41 Å². The van der Waals surface area contributed by atoms with Gasteiger partial charge in [0.2, 0.25) is 11.9 Å². The molecule has 0 radical (unpaired) electrons. The Balaban J connectivity index is 1.07. The van der Waals surface area contributed by atoms with Gasteiger partial charge in [-0.2, -0.15) is 15.0 Å². The first-order chi connectivity index (χ1) is 31.3. The van der Waals surface area contributed by atoms with Gasteiger partial charge in [0.1, 0.15) is 0 Å². The van der Waals surface area contributed by atoms with Crippen LogP contribution in [0.3, 0.4) is 0 Å². The minimum absolute atomic E-state index is 0.452. The minimum Gasteiger partial charge on any atom is -0.278 e. The summed E-state index contributed by atoms with van der Waals surface area (Å²) in [4.78, 5) is 16.2. The van der Waals surface area contributed by atoms with Crippen molar-refractivity contribution in [3.05, 3.63) is 235 Å². The van der Waals surface area contributed by atoms with Crippen molar-refractivity contribution in [2.75, 3.05) is 0 Å². The second kappa shape index (κ2) is 12.8. The first kappa shape index (κ1) is 34.3. The number of aromatic nitrogens is 5. The van der Waals surface area contributed by atoms with E-state index in [1.807, 2.05) is 6.07 Å². The van der Waals surface area contributed by atoms with Crippen LogP contribution in [0.2, 0.25) is 0 Å². The second-order valence-corrected chi connectivity index (χ2v) is 16.7. The van der Waals surface area contributed by atoms with Gasteiger partial charge in [-0.3, -0.25) is 9.13 Å². The normalized spacial score (nSPS) is 13.2. The van der Waals surface area contributed by atoms with Gasteiger partial charge in [-0.1, -0.05) is 182 Å². The number of hydrogen-bond donors (Lipinski definition) is 0. The van der Waals surface area contributed by atoms with E-state index >= 15 is 0 Å². The zero-order chi connectivity index (χ0) is 41.2. The first-order valence-corrected chi connectivity index (χ1v) is 21.5. The first-order valence-electron chi connectivity index (χ1n) is 21.5. The highest BCUT2D eigenvalue weighted by atomic mass is 15.3. The SMILES string of the molecule is c1ccc(-c2ccc(-c3nc(-n4c5ccccc5c5ccccc54)nc(-n4c5ccccc5c5cc6c(cc54)-c4ccccc4C64c5ccccc5-c5ccccc54)n3)cc2)cc1. The maximum Gasteiger partial charge on any atom is 0.240 e. The molecule has 12 aromatic rings. The lowest BCUT2D eigenvalue weighted by molar-refractivity contribution is 0.795. The molecule has 14 rings (SSSR count). The van der Waals surface area contributed by atoms with Crippen LogP contribution < -0.4 is 0 Å². The van der Waals surface area contributed by atoms with E-state index in [1.54, 1.807) is 0 Å². The molecular formula is C58H35N5. The topological polar surface area (TPSA) is 48.5 Å². The van der Waals surface area contributed by atoms with Crippen molar-refractivity contribution in [3.63, 3.8) is 0 Å². The molecule has 2 aliphatic rings. The van der Waals surface area contributed by atoms with Gasteiger partial charge in [0.15, 0.2) is 5.82 Å². The summed E-state index contributed by atoms with van der Waals surface area (Å²) in [5.74, 6) is 1.73. The molecule has 3 aromatic heterocycles. The van der Waals surface area contributed by atoms with Gasteiger partial charge in [0.25, 0.3) is 0 Å². The molecule has 0 aliphatic heterocycles. The highest BCUT2D eigenvalue weighted by Gasteiger charge is 2.51. The third-order valence-corrected chi connectivity index (χ3v) is 13.6. The predicted octanol–water partition coefficient (Wildman–Crippen LogP) is 13.7. The third-order valence-electron chi connectivity index (χ3n) is 13.6. The van der Waals surface area contributed by atoms with E-state index in [0.717, 1.165) is 60.3 Å². The van der Waals surface area contributed by atoms with Crippen LogP contribution in [-0.2, 0) is 5.41 Å². The molecule has 5 nitrogen and oxygen atoms in total. The molecule has 1 spiro atoms. The van der Waals surface area contributed by atoms with Gasteiger partial charge in [-0.05, 0) is 86.0 Å². The van der Waals surface area contributed by atoms with Crippen LogP contribution in [-0.4, -0.2) is 24.1 Å². The lowest BCUT2D eigenvalue weighted by Crippen LogP contribution is -2.25. The molecule has 9 aromatic carbocycles. The number of hydrogen-bond acceptors (Lipinski definition) is 3. The summed E-state index contributed by atoms with van der Waals surface area (Å²) in [6, 6.07) is 76.6. The van der Waals surface area contributed by atoms with E-state index in [0.29, 0.717) is 17.7 Å². The van der Waals surface area contributed by atoms with Gasteiger partial charge < -0.3 is 0 Å². The summed E-state index contributed by atoms with van der Waals surface area (Å²) in [5.41, 5.74) is 17.3. The molecule has 0 saturated heterocycles. The molecule has 0 fully saturated rings. The second-order valence-electron chi connectivity index (χ2n) is 16.7. The fraction of sp³-hybridized carbons (Fsp3) is 0.0172. The van der Waals surface area contributed by atoms with Crippen LogP contribution in [0, 0.1) is 0 Å². The molecule has 0 unspecified atom stereocenters. The molecule has 63 heavy (non-hydrogen) atoms. The summed E-state index contributed by atoms with van der Waals surface area (Å²) < 4.78 is 4.45. The van der Waals surface area contributed by atoms with Crippen LogP contribution in [0.15, 0.2) is 212 Å². The lowest BCUT2D eigenvalue weighted by atomic mass is 9.70. The number of benzene rings is 9. The van der Waals surface area contributed by atoms with Crippen molar-refractivity contribution in [1.29, 1.82) is 0 Å². The van der Waals surface area contributed by atoms with Crippen molar-refractivity contribution in [1.82, 2.24) is 24.1 Å². The van der Waals surface area contributed by atoms with Gasteiger partial charge in [-0.25, -0.2) is 0 Å². The fourth-order valence-corrected chi connectivity index (χ4v) is 11.0. The summed E-state index contributed by atoms with van der Waals surface area (Å²) in [5, 5.41) is 4.61. The Labute approximate surface area is 362 Å². The molecule has 0 N–H and O–H groups in total. The van der Waals surface area contributed by atoms with Crippen molar-refractivity contribution < 1.29 is 0 Å². The number of para-hydroxylation sites is 3. The van der Waals surface area contributed by atoms with E-state index in [2.05, 4.69) is 215 Å². The zero-order valence-electron chi connectivity index (χ0n) is 33.9. The average molecular weight is 802 g/mol. The molecule has 0 saturated carbocycles. The summed E-state index contributed by atoms with van der Waals surface area (Å²) in [6.07, 6.45) is 0. The summed E-state index contributed by atoms with van der Waals surface area (Å²) >= 11 is 0. The molecule has 0 bridgehead atoms. The monoisotopic (exact) mass is 801 g/mol. The Morgan fingerprint density at radius 3 is 1.25 bits per heavy atom. The molecule has 0 amide bonds. The van der Waals surface area contributed by atoms with Gasteiger partial charge in [0.05, 0.1) is 27.5 Å². The van der Waals surface area contributed by atoms with Crippen molar-refractivity contribution >= 4 is 43.6 Å². The fourth-order valence-electron chi connectivity index (χ4n) is 11.0. The molecule has 5 heteroatoms. The molecule has 0 atom stereocenters. The summed E-state index contributed by atoms with van der Waals surface area (Å²) in [7, 11) is 0.